The number of hydrogen-bond donors (Lipinski definition) is 0. The molecule has 0 amide bonds. The summed E-state index contributed by atoms with van der Waals surface area (Å²) in [6.07, 6.45) is 13.8. The van der Waals surface area contributed by atoms with E-state index in [1.807, 2.05) is 0 Å². The maximum atomic E-state index is 8.93. The molecule has 0 spiro atoms. The van der Waals surface area contributed by atoms with Crippen molar-refractivity contribution in [1.29, 1.82) is 5.26 Å². The Morgan fingerprint density at radius 3 is 1.83 bits per heavy atom. The summed E-state index contributed by atoms with van der Waals surface area (Å²) in [4.78, 5) is 0. The van der Waals surface area contributed by atoms with Crippen LogP contribution in [-0.4, -0.2) is 0 Å². The fourth-order valence-electron chi connectivity index (χ4n) is 4.08. The molecule has 2 saturated carbocycles. The van der Waals surface area contributed by atoms with Crippen LogP contribution in [0.3, 0.4) is 0 Å². The zero-order chi connectivity index (χ0) is 12.1. The normalized spacial score (nSPS) is 36.4. The van der Waals surface area contributed by atoms with Crippen LogP contribution in [0.4, 0.5) is 0 Å². The van der Waals surface area contributed by atoms with Crippen molar-refractivity contribution in [2.24, 2.45) is 23.7 Å². The number of rotatable bonds is 3. The quantitative estimate of drug-likeness (QED) is 0.642. The van der Waals surface area contributed by atoms with Gasteiger partial charge in [-0.2, -0.15) is 5.26 Å². The Kier molecular flexibility index (Phi) is 6.76. The second kappa shape index (κ2) is 7.82. The van der Waals surface area contributed by atoms with Crippen LogP contribution < -0.4 is 0 Å². The second-order valence-corrected chi connectivity index (χ2v) is 6.31. The van der Waals surface area contributed by atoms with Gasteiger partial charge in [0.05, 0.1) is 6.07 Å². The summed E-state index contributed by atoms with van der Waals surface area (Å²) in [5.74, 6) is 3.37. The van der Waals surface area contributed by atoms with E-state index in [9.17, 15) is 0 Å². The first-order valence-electron chi connectivity index (χ1n) is 7.73. The van der Waals surface area contributed by atoms with Crippen LogP contribution in [-0.2, 0) is 0 Å². The minimum absolute atomic E-state index is 0. The lowest BCUT2D eigenvalue weighted by atomic mass is 9.69. The molecule has 0 aromatic heterocycles. The third kappa shape index (κ3) is 4.01. The molecule has 0 radical (unpaired) electrons. The van der Waals surface area contributed by atoms with Crippen LogP contribution in [0.1, 0.15) is 78.6 Å². The van der Waals surface area contributed by atoms with Crippen molar-refractivity contribution < 1.29 is 0 Å². The van der Waals surface area contributed by atoms with Gasteiger partial charge in [0.15, 0.2) is 0 Å². The smallest absolute Gasteiger partial charge is 0.0655 e. The van der Waals surface area contributed by atoms with Crippen molar-refractivity contribution in [1.82, 2.24) is 0 Å². The third-order valence-electron chi connectivity index (χ3n) is 5.21. The molecule has 0 unspecified atom stereocenters. The van der Waals surface area contributed by atoms with Crippen molar-refractivity contribution in [3.8, 4) is 6.07 Å². The number of nitriles is 1. The van der Waals surface area contributed by atoms with Gasteiger partial charge in [-0.1, -0.05) is 40.0 Å². The standard InChI is InChI=1S/C16H27N.CH4/c1-2-3-13-4-8-15(9-5-13)16-10-6-14(12-17)7-11-16;/h13-16H,2-11H2,1H3;1H4. The molecule has 18 heavy (non-hydrogen) atoms. The number of hydrogen-bond acceptors (Lipinski definition) is 1. The van der Waals surface area contributed by atoms with Gasteiger partial charge >= 0.3 is 0 Å². The Bertz CT molecular complexity index is 249. The van der Waals surface area contributed by atoms with E-state index in [1.54, 1.807) is 0 Å². The Morgan fingerprint density at radius 2 is 1.39 bits per heavy atom. The molecular weight excluding hydrogens is 218 g/mol. The molecule has 2 rings (SSSR count). The van der Waals surface area contributed by atoms with Gasteiger partial charge in [-0.3, -0.25) is 0 Å². The Hall–Kier alpha value is -0.510. The van der Waals surface area contributed by atoms with E-state index in [0.29, 0.717) is 5.92 Å². The first-order valence-corrected chi connectivity index (χ1v) is 7.73. The fraction of sp³-hybridized carbons (Fsp3) is 0.941. The average Bonchev–Trinajstić information content (AvgIpc) is 2.40. The lowest BCUT2D eigenvalue weighted by Gasteiger charge is -2.36. The monoisotopic (exact) mass is 249 g/mol. The third-order valence-corrected chi connectivity index (χ3v) is 5.21. The molecule has 0 atom stereocenters. The SMILES string of the molecule is C.CCCC1CCC(C2CCC(C#N)CC2)CC1. The van der Waals surface area contributed by atoms with Gasteiger partial charge in [-0.25, -0.2) is 0 Å². The first kappa shape index (κ1) is 15.5. The van der Waals surface area contributed by atoms with Crippen LogP contribution in [0.2, 0.25) is 0 Å². The highest BCUT2D eigenvalue weighted by Crippen LogP contribution is 2.41. The van der Waals surface area contributed by atoms with Crippen LogP contribution in [0.15, 0.2) is 0 Å². The van der Waals surface area contributed by atoms with Crippen LogP contribution in [0.5, 0.6) is 0 Å². The average molecular weight is 249 g/mol. The van der Waals surface area contributed by atoms with Crippen LogP contribution in [0.25, 0.3) is 0 Å². The first-order chi connectivity index (χ1) is 8.33. The molecule has 2 aliphatic rings. The highest BCUT2D eigenvalue weighted by atomic mass is 14.4. The minimum Gasteiger partial charge on any atom is -0.198 e. The van der Waals surface area contributed by atoms with E-state index in [-0.39, 0.29) is 7.43 Å². The van der Waals surface area contributed by atoms with E-state index in [1.165, 1.54) is 64.2 Å². The lowest BCUT2D eigenvalue weighted by molar-refractivity contribution is 0.153. The summed E-state index contributed by atoms with van der Waals surface area (Å²) >= 11 is 0. The molecular formula is C17H31N. The Morgan fingerprint density at radius 1 is 0.889 bits per heavy atom. The summed E-state index contributed by atoms with van der Waals surface area (Å²) in [7, 11) is 0. The van der Waals surface area contributed by atoms with E-state index in [2.05, 4.69) is 13.0 Å². The molecule has 104 valence electrons. The van der Waals surface area contributed by atoms with Crippen molar-refractivity contribution in [3.05, 3.63) is 0 Å². The molecule has 1 heteroatoms. The Balaban J connectivity index is 0.00000162. The second-order valence-electron chi connectivity index (χ2n) is 6.31. The van der Waals surface area contributed by atoms with Crippen LogP contribution in [0, 0.1) is 35.0 Å². The molecule has 0 N–H and O–H groups in total. The predicted octanol–water partition coefficient (Wildman–Crippen LogP) is 5.56. The summed E-state index contributed by atoms with van der Waals surface area (Å²) in [6, 6.07) is 2.45. The maximum absolute atomic E-state index is 8.93. The molecule has 2 fully saturated rings. The molecule has 0 aliphatic heterocycles. The van der Waals surface area contributed by atoms with Gasteiger partial charge in [0, 0.05) is 5.92 Å². The molecule has 1 nitrogen and oxygen atoms in total. The molecule has 0 saturated heterocycles. The summed E-state index contributed by atoms with van der Waals surface area (Å²) in [5.41, 5.74) is 0. The molecule has 2 aliphatic carbocycles. The van der Waals surface area contributed by atoms with Crippen molar-refractivity contribution >= 4 is 0 Å². The van der Waals surface area contributed by atoms with Crippen molar-refractivity contribution in [2.75, 3.05) is 0 Å². The maximum Gasteiger partial charge on any atom is 0.0655 e. The van der Waals surface area contributed by atoms with E-state index in [0.717, 1.165) is 17.8 Å². The van der Waals surface area contributed by atoms with E-state index in [4.69, 9.17) is 5.26 Å². The summed E-state index contributed by atoms with van der Waals surface area (Å²) in [5, 5.41) is 8.93. The van der Waals surface area contributed by atoms with E-state index < -0.39 is 0 Å². The van der Waals surface area contributed by atoms with Gasteiger partial charge in [-0.15, -0.1) is 0 Å². The van der Waals surface area contributed by atoms with Gasteiger partial charge in [-0.05, 0) is 56.3 Å². The van der Waals surface area contributed by atoms with Gasteiger partial charge in [0.1, 0.15) is 0 Å². The highest BCUT2D eigenvalue weighted by Gasteiger charge is 2.30. The predicted molar refractivity (Wildman–Crippen MR) is 78.1 cm³/mol. The topological polar surface area (TPSA) is 23.8 Å². The summed E-state index contributed by atoms with van der Waals surface area (Å²) in [6.45, 7) is 2.31. The largest absolute Gasteiger partial charge is 0.198 e. The number of nitrogens with zero attached hydrogens (tertiary/aromatic N) is 1. The molecule has 0 aromatic rings. The Labute approximate surface area is 114 Å². The minimum atomic E-state index is 0. The highest BCUT2D eigenvalue weighted by molar-refractivity contribution is 4.89. The molecule has 0 aromatic carbocycles. The lowest BCUT2D eigenvalue weighted by Crippen LogP contribution is -2.25. The zero-order valence-electron chi connectivity index (χ0n) is 11.3. The van der Waals surface area contributed by atoms with Crippen LogP contribution >= 0.6 is 0 Å². The van der Waals surface area contributed by atoms with Gasteiger partial charge in [0.2, 0.25) is 0 Å². The van der Waals surface area contributed by atoms with Crippen molar-refractivity contribution in [2.45, 2.75) is 78.6 Å². The fourth-order valence-corrected chi connectivity index (χ4v) is 4.08. The summed E-state index contributed by atoms with van der Waals surface area (Å²) < 4.78 is 0. The molecule has 0 bridgehead atoms. The van der Waals surface area contributed by atoms with Gasteiger partial charge in [0.25, 0.3) is 0 Å². The zero-order valence-corrected chi connectivity index (χ0v) is 11.3. The molecule has 0 heterocycles. The van der Waals surface area contributed by atoms with Crippen molar-refractivity contribution in [3.63, 3.8) is 0 Å². The van der Waals surface area contributed by atoms with Gasteiger partial charge < -0.3 is 0 Å². The van der Waals surface area contributed by atoms with E-state index >= 15 is 0 Å².